The van der Waals surface area contributed by atoms with E-state index in [1.54, 1.807) is 30.5 Å². The first kappa shape index (κ1) is 14.8. The van der Waals surface area contributed by atoms with Crippen LogP contribution in [0.4, 0.5) is 0 Å². The van der Waals surface area contributed by atoms with Crippen LogP contribution in [0.25, 0.3) is 21.3 Å². The van der Waals surface area contributed by atoms with Crippen molar-refractivity contribution in [1.82, 2.24) is 9.88 Å². The Balaban J connectivity index is 1.85. The number of thiazole rings is 1. The summed E-state index contributed by atoms with van der Waals surface area (Å²) in [6, 6.07) is 9.87. The second kappa shape index (κ2) is 5.69. The number of aromatic nitrogens is 1. The largest absolute Gasteiger partial charge is 0.270 e. The van der Waals surface area contributed by atoms with Crippen LogP contribution >= 0.6 is 11.3 Å². The van der Waals surface area contributed by atoms with Gasteiger partial charge in [-0.05, 0) is 41.5 Å². The number of imide groups is 1. The number of nitrogens with zero attached hydrogens (tertiary/aromatic N) is 2. The van der Waals surface area contributed by atoms with Crippen LogP contribution in [0.15, 0.2) is 54.1 Å². The van der Waals surface area contributed by atoms with E-state index >= 15 is 0 Å². The maximum atomic E-state index is 12.5. The first-order valence-electron chi connectivity index (χ1n) is 7.63. The van der Waals surface area contributed by atoms with E-state index in [9.17, 15) is 9.59 Å². The second-order valence-corrected chi connectivity index (χ2v) is 6.49. The number of carbonyl (C=O) groups is 2. The highest BCUT2D eigenvalue weighted by molar-refractivity contribution is 7.13. The molecule has 2 amide bonds. The predicted molar refractivity (Wildman–Crippen MR) is 94.8 cm³/mol. The smallest absolute Gasteiger partial charge is 0.261 e. The molecule has 1 aliphatic heterocycles. The van der Waals surface area contributed by atoms with Gasteiger partial charge in [0.1, 0.15) is 5.01 Å². The molecular weight excluding hydrogens is 320 g/mol. The summed E-state index contributed by atoms with van der Waals surface area (Å²) >= 11 is 1.58. The first-order chi connectivity index (χ1) is 11.7. The van der Waals surface area contributed by atoms with Gasteiger partial charge in [-0.25, -0.2) is 4.98 Å². The molecule has 0 unspecified atom stereocenters. The minimum atomic E-state index is -0.275. The molecular formula is C19H14N2O2S. The van der Waals surface area contributed by atoms with Gasteiger partial charge in [0.05, 0.1) is 6.54 Å². The summed E-state index contributed by atoms with van der Waals surface area (Å²) in [4.78, 5) is 30.3. The fourth-order valence-corrected chi connectivity index (χ4v) is 3.67. The van der Waals surface area contributed by atoms with Gasteiger partial charge in [0.2, 0.25) is 0 Å². The normalized spacial score (nSPS) is 13.9. The quantitative estimate of drug-likeness (QED) is 0.665. The lowest BCUT2D eigenvalue weighted by molar-refractivity contribution is -0.123. The maximum Gasteiger partial charge on any atom is 0.261 e. The monoisotopic (exact) mass is 334 g/mol. The number of hydrogen-bond acceptors (Lipinski definition) is 4. The Kier molecular flexibility index (Phi) is 3.50. The Morgan fingerprint density at radius 1 is 1.29 bits per heavy atom. The van der Waals surface area contributed by atoms with E-state index in [1.165, 1.54) is 11.0 Å². The number of amides is 2. The molecule has 0 saturated heterocycles. The van der Waals surface area contributed by atoms with Crippen LogP contribution in [0.2, 0.25) is 0 Å². The van der Waals surface area contributed by atoms with Crippen LogP contribution in [0, 0.1) is 0 Å². The SMILES string of the molecule is C/C=C/C(=O)N1Cc2c(ccc3ccc(-c4nccs4)cc23)C1=O. The van der Waals surface area contributed by atoms with E-state index in [0.717, 1.165) is 26.9 Å². The average Bonchev–Trinajstić information content (AvgIpc) is 3.23. The van der Waals surface area contributed by atoms with Crippen molar-refractivity contribution in [1.29, 1.82) is 0 Å². The fraction of sp³-hybridized carbons (Fsp3) is 0.105. The van der Waals surface area contributed by atoms with Crippen molar-refractivity contribution in [2.24, 2.45) is 0 Å². The van der Waals surface area contributed by atoms with Crippen LogP contribution in [-0.2, 0) is 11.3 Å². The zero-order valence-corrected chi connectivity index (χ0v) is 13.8. The highest BCUT2D eigenvalue weighted by Gasteiger charge is 2.32. The van der Waals surface area contributed by atoms with E-state index < -0.39 is 0 Å². The third-order valence-corrected chi connectivity index (χ3v) is 5.00. The van der Waals surface area contributed by atoms with Gasteiger partial charge >= 0.3 is 0 Å². The Morgan fingerprint density at radius 2 is 2.12 bits per heavy atom. The van der Waals surface area contributed by atoms with Gasteiger partial charge in [0.25, 0.3) is 11.8 Å². The number of hydrogen-bond donors (Lipinski definition) is 0. The summed E-state index contributed by atoms with van der Waals surface area (Å²) in [5.41, 5.74) is 2.54. The van der Waals surface area contributed by atoms with E-state index in [-0.39, 0.29) is 11.8 Å². The van der Waals surface area contributed by atoms with Crippen molar-refractivity contribution < 1.29 is 9.59 Å². The van der Waals surface area contributed by atoms with Crippen molar-refractivity contribution in [2.75, 3.05) is 0 Å². The second-order valence-electron chi connectivity index (χ2n) is 5.59. The molecule has 1 aromatic heterocycles. The molecule has 2 aromatic carbocycles. The van der Waals surface area contributed by atoms with Crippen molar-refractivity contribution in [3.8, 4) is 10.6 Å². The lowest BCUT2D eigenvalue weighted by atomic mass is 9.99. The van der Waals surface area contributed by atoms with E-state index in [4.69, 9.17) is 0 Å². The van der Waals surface area contributed by atoms with Crippen molar-refractivity contribution >= 4 is 33.9 Å². The molecule has 0 spiro atoms. The van der Waals surface area contributed by atoms with Gasteiger partial charge < -0.3 is 0 Å². The molecule has 4 nitrogen and oxygen atoms in total. The van der Waals surface area contributed by atoms with E-state index in [1.807, 2.05) is 29.6 Å². The minimum Gasteiger partial charge on any atom is -0.270 e. The summed E-state index contributed by atoms with van der Waals surface area (Å²) in [7, 11) is 0. The van der Waals surface area contributed by atoms with E-state index in [0.29, 0.717) is 12.1 Å². The molecule has 0 atom stereocenters. The third-order valence-electron chi connectivity index (χ3n) is 4.18. The summed E-state index contributed by atoms with van der Waals surface area (Å²) in [6.45, 7) is 2.08. The summed E-state index contributed by atoms with van der Waals surface area (Å²) in [5.74, 6) is -0.502. The highest BCUT2D eigenvalue weighted by Crippen LogP contribution is 2.33. The molecule has 1 aliphatic rings. The van der Waals surface area contributed by atoms with Gasteiger partial charge in [-0.15, -0.1) is 11.3 Å². The molecule has 24 heavy (non-hydrogen) atoms. The number of allylic oxidation sites excluding steroid dienone is 1. The van der Waals surface area contributed by atoms with Crippen LogP contribution in [0.3, 0.4) is 0 Å². The number of benzene rings is 2. The standard InChI is InChI=1S/C19H14N2O2S/c1-2-3-17(22)21-11-16-14(19(21)23)7-6-12-4-5-13(10-15(12)16)18-20-8-9-24-18/h2-10H,11H2,1H3/b3-2+. The maximum absolute atomic E-state index is 12.5. The van der Waals surface area contributed by atoms with Crippen molar-refractivity contribution in [2.45, 2.75) is 13.5 Å². The fourth-order valence-electron chi connectivity index (χ4n) is 3.04. The van der Waals surface area contributed by atoms with Gasteiger partial charge in [0, 0.05) is 22.7 Å². The van der Waals surface area contributed by atoms with E-state index in [2.05, 4.69) is 11.1 Å². The first-order valence-corrected chi connectivity index (χ1v) is 8.51. The van der Waals surface area contributed by atoms with Gasteiger partial charge in [-0.2, -0.15) is 0 Å². The Labute approximate surface area is 143 Å². The van der Waals surface area contributed by atoms with Crippen molar-refractivity contribution in [3.63, 3.8) is 0 Å². The summed E-state index contributed by atoms with van der Waals surface area (Å²) in [6.07, 6.45) is 4.85. The lowest BCUT2D eigenvalue weighted by Crippen LogP contribution is -2.29. The minimum absolute atomic E-state index is 0.227. The molecule has 0 fully saturated rings. The summed E-state index contributed by atoms with van der Waals surface area (Å²) < 4.78 is 0. The predicted octanol–water partition coefficient (Wildman–Crippen LogP) is 4.02. The van der Waals surface area contributed by atoms with Crippen LogP contribution in [-0.4, -0.2) is 21.7 Å². The Hall–Kier alpha value is -2.79. The summed E-state index contributed by atoms with van der Waals surface area (Å²) in [5, 5.41) is 4.95. The molecule has 0 radical (unpaired) electrons. The van der Waals surface area contributed by atoms with Crippen molar-refractivity contribution in [3.05, 3.63) is 65.2 Å². The number of carbonyl (C=O) groups excluding carboxylic acids is 2. The number of fused-ring (bicyclic) bond motifs is 3. The molecule has 0 aliphatic carbocycles. The van der Waals surface area contributed by atoms with Crippen LogP contribution in [0.5, 0.6) is 0 Å². The zero-order chi connectivity index (χ0) is 16.7. The van der Waals surface area contributed by atoms with Gasteiger partial charge in [0.15, 0.2) is 0 Å². The molecule has 4 rings (SSSR count). The topological polar surface area (TPSA) is 50.3 Å². The molecule has 5 heteroatoms. The molecule has 118 valence electrons. The molecule has 3 aromatic rings. The van der Waals surface area contributed by atoms with Gasteiger partial charge in [-0.1, -0.05) is 24.3 Å². The molecule has 0 bridgehead atoms. The van der Waals surface area contributed by atoms with Crippen LogP contribution < -0.4 is 0 Å². The number of rotatable bonds is 2. The highest BCUT2D eigenvalue weighted by atomic mass is 32.1. The molecule has 0 saturated carbocycles. The lowest BCUT2D eigenvalue weighted by Gasteiger charge is -2.10. The molecule has 0 N–H and O–H groups in total. The Bertz CT molecular complexity index is 990. The molecule has 2 heterocycles. The van der Waals surface area contributed by atoms with Gasteiger partial charge in [-0.3, -0.25) is 14.5 Å². The Morgan fingerprint density at radius 3 is 2.88 bits per heavy atom. The zero-order valence-electron chi connectivity index (χ0n) is 13.0. The van der Waals surface area contributed by atoms with Crippen LogP contribution in [0.1, 0.15) is 22.8 Å². The third kappa shape index (κ3) is 2.25. The average molecular weight is 334 g/mol.